The van der Waals surface area contributed by atoms with Crippen molar-refractivity contribution < 1.29 is 14.3 Å². The Kier molecular flexibility index (Phi) is 4.47. The molecule has 0 aromatic heterocycles. The van der Waals surface area contributed by atoms with Crippen LogP contribution in [-0.4, -0.2) is 35.2 Å². The van der Waals surface area contributed by atoms with Gasteiger partial charge in [0.15, 0.2) is 0 Å². The standard InChI is InChI=1S/C11H21N3O3/c1-11(2,3)17-10(16)14(12)9(15)8-6-4-5-7-13-8/h8,13H,4-7,12H2,1-3H3. The maximum Gasteiger partial charge on any atom is 0.431 e. The normalized spacial score (nSPS) is 20.8. The zero-order valence-corrected chi connectivity index (χ0v) is 10.7. The number of hydrogen-bond donors (Lipinski definition) is 2. The van der Waals surface area contributed by atoms with Gasteiger partial charge < -0.3 is 10.1 Å². The fourth-order valence-electron chi connectivity index (χ4n) is 1.63. The molecule has 0 bridgehead atoms. The van der Waals surface area contributed by atoms with E-state index in [-0.39, 0.29) is 6.04 Å². The van der Waals surface area contributed by atoms with Crippen molar-refractivity contribution in [3.63, 3.8) is 0 Å². The molecule has 1 rings (SSSR count). The molecule has 6 heteroatoms. The molecule has 17 heavy (non-hydrogen) atoms. The maximum absolute atomic E-state index is 11.9. The molecule has 1 atom stereocenters. The number of hydrogen-bond acceptors (Lipinski definition) is 5. The van der Waals surface area contributed by atoms with Gasteiger partial charge >= 0.3 is 6.09 Å². The van der Waals surface area contributed by atoms with Crippen molar-refractivity contribution in [3.8, 4) is 0 Å². The Balaban J connectivity index is 2.53. The average molecular weight is 243 g/mol. The molecule has 1 aliphatic rings. The number of ether oxygens (including phenoxy) is 1. The molecule has 2 amide bonds. The lowest BCUT2D eigenvalue weighted by Crippen LogP contribution is -2.54. The molecule has 1 heterocycles. The molecule has 0 spiro atoms. The van der Waals surface area contributed by atoms with Crippen LogP contribution in [0.1, 0.15) is 40.0 Å². The summed E-state index contributed by atoms with van der Waals surface area (Å²) in [6.07, 6.45) is 1.90. The van der Waals surface area contributed by atoms with Crippen LogP contribution in [-0.2, 0) is 9.53 Å². The zero-order valence-electron chi connectivity index (χ0n) is 10.7. The van der Waals surface area contributed by atoms with Crippen LogP contribution in [0.5, 0.6) is 0 Å². The Bertz CT molecular complexity index is 293. The van der Waals surface area contributed by atoms with Crippen LogP contribution in [0.2, 0.25) is 0 Å². The van der Waals surface area contributed by atoms with E-state index in [1.807, 2.05) is 0 Å². The second-order valence-electron chi connectivity index (χ2n) is 5.19. The first kappa shape index (κ1) is 13.9. The molecule has 1 aliphatic heterocycles. The van der Waals surface area contributed by atoms with Gasteiger partial charge in [-0.15, -0.1) is 0 Å². The smallest absolute Gasteiger partial charge is 0.431 e. The Hall–Kier alpha value is -1.14. The monoisotopic (exact) mass is 243 g/mol. The largest absolute Gasteiger partial charge is 0.442 e. The van der Waals surface area contributed by atoms with Gasteiger partial charge in [-0.05, 0) is 40.2 Å². The van der Waals surface area contributed by atoms with Gasteiger partial charge in [0.2, 0.25) is 0 Å². The van der Waals surface area contributed by atoms with E-state index >= 15 is 0 Å². The third kappa shape index (κ3) is 4.32. The van der Waals surface area contributed by atoms with Gasteiger partial charge in [0.25, 0.3) is 5.91 Å². The number of amides is 2. The number of imide groups is 1. The van der Waals surface area contributed by atoms with E-state index in [4.69, 9.17) is 10.6 Å². The van der Waals surface area contributed by atoms with Gasteiger partial charge in [-0.3, -0.25) is 4.79 Å². The van der Waals surface area contributed by atoms with Gasteiger partial charge in [0.05, 0.1) is 6.04 Å². The van der Waals surface area contributed by atoms with E-state index in [0.717, 1.165) is 19.4 Å². The highest BCUT2D eigenvalue weighted by atomic mass is 16.6. The predicted molar refractivity (Wildman–Crippen MR) is 62.9 cm³/mol. The minimum Gasteiger partial charge on any atom is -0.442 e. The number of carbonyl (C=O) groups is 2. The van der Waals surface area contributed by atoms with Crippen molar-refractivity contribution in [2.45, 2.75) is 51.7 Å². The third-order valence-electron chi connectivity index (χ3n) is 2.44. The van der Waals surface area contributed by atoms with Gasteiger partial charge in [-0.1, -0.05) is 6.42 Å². The first-order valence-corrected chi connectivity index (χ1v) is 5.86. The van der Waals surface area contributed by atoms with E-state index in [0.29, 0.717) is 11.4 Å². The highest BCUT2D eigenvalue weighted by Crippen LogP contribution is 2.12. The Labute approximate surface area is 101 Å². The maximum atomic E-state index is 11.9. The number of nitrogens with zero attached hydrogens (tertiary/aromatic N) is 1. The zero-order chi connectivity index (χ0) is 13.1. The quantitative estimate of drug-likeness (QED) is 0.403. The van der Waals surface area contributed by atoms with Crippen LogP contribution in [0.25, 0.3) is 0 Å². The topological polar surface area (TPSA) is 84.7 Å². The molecule has 98 valence electrons. The van der Waals surface area contributed by atoms with Crippen LogP contribution in [0.4, 0.5) is 4.79 Å². The van der Waals surface area contributed by atoms with Gasteiger partial charge in [0.1, 0.15) is 5.60 Å². The SMILES string of the molecule is CC(C)(C)OC(=O)N(N)C(=O)C1CCCCN1. The van der Waals surface area contributed by atoms with Crippen molar-refractivity contribution in [1.29, 1.82) is 0 Å². The van der Waals surface area contributed by atoms with E-state index in [9.17, 15) is 9.59 Å². The van der Waals surface area contributed by atoms with Crippen LogP contribution in [0.15, 0.2) is 0 Å². The predicted octanol–water partition coefficient (Wildman–Crippen LogP) is 0.766. The third-order valence-corrected chi connectivity index (χ3v) is 2.44. The molecule has 0 aromatic carbocycles. The van der Waals surface area contributed by atoms with Crippen LogP contribution < -0.4 is 11.2 Å². The van der Waals surface area contributed by atoms with E-state index in [1.165, 1.54) is 0 Å². The van der Waals surface area contributed by atoms with Gasteiger partial charge in [-0.2, -0.15) is 5.01 Å². The molecule has 1 unspecified atom stereocenters. The highest BCUT2D eigenvalue weighted by Gasteiger charge is 2.30. The van der Waals surface area contributed by atoms with Crippen LogP contribution >= 0.6 is 0 Å². The van der Waals surface area contributed by atoms with Crippen molar-refractivity contribution >= 4 is 12.0 Å². The molecule has 0 saturated carbocycles. The molecular formula is C11H21N3O3. The second-order valence-corrected chi connectivity index (χ2v) is 5.19. The van der Waals surface area contributed by atoms with Crippen molar-refractivity contribution in [1.82, 2.24) is 10.3 Å². The summed E-state index contributed by atoms with van der Waals surface area (Å²) in [5.74, 6) is 5.04. The first-order chi connectivity index (χ1) is 7.81. The number of nitrogens with one attached hydrogen (secondary N) is 1. The molecule has 6 nitrogen and oxygen atoms in total. The minimum atomic E-state index is -0.810. The Morgan fingerprint density at radius 2 is 2.00 bits per heavy atom. The molecule has 0 aromatic rings. The number of rotatable bonds is 1. The summed E-state index contributed by atoms with van der Waals surface area (Å²) in [5, 5.41) is 3.60. The summed E-state index contributed by atoms with van der Waals surface area (Å²) in [7, 11) is 0. The molecule has 3 N–H and O–H groups in total. The Morgan fingerprint density at radius 1 is 1.35 bits per heavy atom. The summed E-state index contributed by atoms with van der Waals surface area (Å²) in [6, 6.07) is -0.374. The average Bonchev–Trinajstić information content (AvgIpc) is 2.26. The van der Waals surface area contributed by atoms with E-state index in [1.54, 1.807) is 20.8 Å². The lowest BCUT2D eigenvalue weighted by Gasteiger charge is -2.27. The summed E-state index contributed by atoms with van der Waals surface area (Å²) in [5.41, 5.74) is -0.658. The van der Waals surface area contributed by atoms with E-state index in [2.05, 4.69) is 5.32 Å². The molecule has 1 fully saturated rings. The summed E-state index contributed by atoms with van der Waals surface area (Å²) >= 11 is 0. The lowest BCUT2D eigenvalue weighted by atomic mass is 10.0. The van der Waals surface area contributed by atoms with E-state index < -0.39 is 17.6 Å². The summed E-state index contributed by atoms with van der Waals surface area (Å²) in [4.78, 5) is 23.4. The number of nitrogens with two attached hydrogens (primary N) is 1. The number of piperidine rings is 1. The number of carbonyl (C=O) groups excluding carboxylic acids is 2. The van der Waals surface area contributed by atoms with Crippen molar-refractivity contribution in [2.75, 3.05) is 6.54 Å². The van der Waals surface area contributed by atoms with Crippen molar-refractivity contribution in [3.05, 3.63) is 0 Å². The van der Waals surface area contributed by atoms with Crippen LogP contribution in [0.3, 0.4) is 0 Å². The lowest BCUT2D eigenvalue weighted by molar-refractivity contribution is -0.133. The summed E-state index contributed by atoms with van der Waals surface area (Å²) < 4.78 is 5.02. The highest BCUT2D eigenvalue weighted by molar-refractivity contribution is 5.94. The fourth-order valence-corrected chi connectivity index (χ4v) is 1.63. The van der Waals surface area contributed by atoms with Gasteiger partial charge in [0, 0.05) is 0 Å². The number of hydrazine groups is 1. The molecular weight excluding hydrogens is 222 g/mol. The van der Waals surface area contributed by atoms with Crippen molar-refractivity contribution in [2.24, 2.45) is 5.84 Å². The summed E-state index contributed by atoms with van der Waals surface area (Å²) in [6.45, 7) is 5.95. The second kappa shape index (κ2) is 5.46. The van der Waals surface area contributed by atoms with Crippen LogP contribution in [0, 0.1) is 0 Å². The van der Waals surface area contributed by atoms with Gasteiger partial charge in [-0.25, -0.2) is 10.6 Å². The fraction of sp³-hybridized carbons (Fsp3) is 0.818. The Morgan fingerprint density at radius 3 is 2.47 bits per heavy atom. The molecule has 0 aliphatic carbocycles. The first-order valence-electron chi connectivity index (χ1n) is 5.86. The minimum absolute atomic E-state index is 0.374. The molecule has 1 saturated heterocycles. The molecule has 0 radical (unpaired) electrons.